The van der Waals surface area contributed by atoms with E-state index in [1.807, 2.05) is 0 Å². The molecule has 2 aromatic carbocycles. The molecule has 2 rings (SSSR count). The molecule has 1 atom stereocenters. The molecule has 0 aromatic heterocycles. The first kappa shape index (κ1) is 35.4. The number of methoxy groups -OCH3 is 1. The van der Waals surface area contributed by atoms with E-state index in [0.29, 0.717) is 17.1 Å². The predicted octanol–water partition coefficient (Wildman–Crippen LogP) is 6.64. The van der Waals surface area contributed by atoms with E-state index in [9.17, 15) is 45.4 Å². The Kier molecular flexibility index (Phi) is 12.9. The van der Waals surface area contributed by atoms with Crippen molar-refractivity contribution in [2.24, 2.45) is 0 Å². The van der Waals surface area contributed by atoms with Crippen molar-refractivity contribution in [3.63, 3.8) is 0 Å². The molecule has 0 radical (unpaired) electrons. The predicted molar refractivity (Wildman–Crippen MR) is 142 cm³/mol. The lowest BCUT2D eigenvalue weighted by Crippen LogP contribution is -2.51. The first-order chi connectivity index (χ1) is 20.1. The fourth-order valence-corrected chi connectivity index (χ4v) is 3.90. The highest BCUT2D eigenvalue weighted by Gasteiger charge is 2.72. The van der Waals surface area contributed by atoms with E-state index >= 15 is 0 Å². The Hall–Kier alpha value is -3.75. The Morgan fingerprint density at radius 2 is 1.60 bits per heavy atom. The minimum atomic E-state index is -6.41. The Labute approximate surface area is 243 Å². The molecule has 0 aliphatic carbocycles. The third-order valence-corrected chi connectivity index (χ3v) is 6.24. The summed E-state index contributed by atoms with van der Waals surface area (Å²) < 4.78 is 107. The van der Waals surface area contributed by atoms with Crippen molar-refractivity contribution in [1.82, 2.24) is 4.90 Å². The highest BCUT2D eigenvalue weighted by atomic mass is 19.4. The lowest BCUT2D eigenvalue weighted by molar-refractivity contribution is -0.355. The molecule has 43 heavy (non-hydrogen) atoms. The van der Waals surface area contributed by atoms with Gasteiger partial charge in [0.25, 0.3) is 0 Å². The molecule has 8 nitrogen and oxygen atoms in total. The molecular weight excluding hydrogens is 593 g/mol. The van der Waals surface area contributed by atoms with Crippen LogP contribution in [0.2, 0.25) is 0 Å². The summed E-state index contributed by atoms with van der Waals surface area (Å²) in [6.07, 6.45) is -10.1. The molecule has 15 heteroatoms. The maximum atomic E-state index is 13.7. The minimum absolute atomic E-state index is 0.0995. The molecule has 2 N–H and O–H groups in total. The molecule has 1 unspecified atom stereocenters. The number of benzene rings is 2. The molecule has 0 aliphatic rings. The molecule has 0 saturated carbocycles. The van der Waals surface area contributed by atoms with Gasteiger partial charge in [-0.2, -0.15) is 30.7 Å². The lowest BCUT2D eigenvalue weighted by Gasteiger charge is -2.28. The largest absolute Gasteiger partial charge is 0.495 e. The molecule has 2 aromatic rings. The molecule has 240 valence electrons. The number of carbonyl (C=O) groups is 2. The monoisotopic (exact) mass is 626 g/mol. The second-order valence-corrected chi connectivity index (χ2v) is 9.33. The zero-order chi connectivity index (χ0) is 32.3. The normalized spacial score (nSPS) is 12.9. The number of anilines is 1. The van der Waals surface area contributed by atoms with E-state index in [4.69, 9.17) is 14.2 Å². The number of nitrogens with one attached hydrogen (secondary N) is 1. The smallest absolute Gasteiger partial charge is 0.459 e. The zero-order valence-electron chi connectivity index (χ0n) is 23.4. The number of alkyl halides is 7. The van der Waals surface area contributed by atoms with E-state index < -0.39 is 49.0 Å². The van der Waals surface area contributed by atoms with Crippen molar-refractivity contribution in [3.05, 3.63) is 54.1 Å². The van der Waals surface area contributed by atoms with Crippen LogP contribution < -0.4 is 14.8 Å². The summed E-state index contributed by atoms with van der Waals surface area (Å²) in [5.74, 6) is -11.9. The van der Waals surface area contributed by atoms with Gasteiger partial charge in [0.2, 0.25) is 0 Å². The average Bonchev–Trinajstić information content (AvgIpc) is 2.94. The van der Waals surface area contributed by atoms with E-state index in [2.05, 4.69) is 5.32 Å². The molecule has 0 fully saturated rings. The van der Waals surface area contributed by atoms with Gasteiger partial charge in [0.1, 0.15) is 18.1 Å². The maximum Gasteiger partial charge on any atom is 0.459 e. The second-order valence-electron chi connectivity index (χ2n) is 9.33. The number of nitrogens with zero attached hydrogens (tertiary/aromatic N) is 1. The number of unbranched alkanes of at least 4 members (excludes halogenated alkanes) is 1. The second kappa shape index (κ2) is 15.6. The molecule has 2 amide bonds. The van der Waals surface area contributed by atoms with Crippen LogP contribution in [-0.4, -0.2) is 79.5 Å². The summed E-state index contributed by atoms with van der Waals surface area (Å²) in [7, 11) is 1.37. The topological polar surface area (TPSA) is 97.3 Å². The first-order valence-electron chi connectivity index (χ1n) is 13.2. The third kappa shape index (κ3) is 10.2. The van der Waals surface area contributed by atoms with Gasteiger partial charge >= 0.3 is 30.0 Å². The fraction of sp³-hybridized carbons (Fsp3) is 0.500. The van der Waals surface area contributed by atoms with Crippen LogP contribution in [0.3, 0.4) is 0 Å². The fourth-order valence-electron chi connectivity index (χ4n) is 3.90. The van der Waals surface area contributed by atoms with Gasteiger partial charge in [0.15, 0.2) is 6.10 Å². The molecule has 0 aliphatic heterocycles. The average molecular weight is 627 g/mol. The number of carboxylic acids is 1. The van der Waals surface area contributed by atoms with Crippen LogP contribution in [0.15, 0.2) is 48.5 Å². The van der Waals surface area contributed by atoms with Crippen molar-refractivity contribution >= 4 is 17.7 Å². The van der Waals surface area contributed by atoms with E-state index in [-0.39, 0.29) is 44.8 Å². The van der Waals surface area contributed by atoms with Gasteiger partial charge in [-0.1, -0.05) is 24.3 Å². The van der Waals surface area contributed by atoms with E-state index in [0.717, 1.165) is 4.90 Å². The number of hydrogen-bond donors (Lipinski definition) is 2. The maximum absolute atomic E-state index is 13.7. The number of urea groups is 1. The highest BCUT2D eigenvalue weighted by Crippen LogP contribution is 2.48. The van der Waals surface area contributed by atoms with Gasteiger partial charge in [-0.3, -0.25) is 0 Å². The van der Waals surface area contributed by atoms with Gasteiger partial charge < -0.3 is 29.5 Å². The van der Waals surface area contributed by atoms with Gasteiger partial charge in [0, 0.05) is 26.0 Å². The number of carboxylic acid groups (broad SMARTS) is 1. The van der Waals surface area contributed by atoms with Crippen molar-refractivity contribution < 1.29 is 59.6 Å². The SMILES string of the molecule is CCOC(Cc1ccc(OCCN(CCCCC(F)(F)C(F)(F)C(F)(F)F)C(=O)Nc2ccccc2OC)cc1)C(=O)O. The zero-order valence-corrected chi connectivity index (χ0v) is 23.4. The van der Waals surface area contributed by atoms with Crippen LogP contribution in [0.1, 0.15) is 31.7 Å². The Balaban J connectivity index is 2.04. The summed E-state index contributed by atoms with van der Waals surface area (Å²) >= 11 is 0. The van der Waals surface area contributed by atoms with Crippen LogP contribution in [0, 0.1) is 0 Å². The summed E-state index contributed by atoms with van der Waals surface area (Å²) in [6, 6.07) is 12.1. The van der Waals surface area contributed by atoms with Gasteiger partial charge in [-0.15, -0.1) is 0 Å². The Morgan fingerprint density at radius 3 is 2.19 bits per heavy atom. The summed E-state index contributed by atoms with van der Waals surface area (Å²) in [6.45, 7) is 1.43. The summed E-state index contributed by atoms with van der Waals surface area (Å²) in [4.78, 5) is 25.4. The number of halogens is 7. The summed E-state index contributed by atoms with van der Waals surface area (Å²) in [5.41, 5.74) is 0.943. The molecular formula is C28H33F7N2O6. The number of para-hydroxylation sites is 2. The van der Waals surface area contributed by atoms with Crippen molar-refractivity contribution in [3.8, 4) is 11.5 Å². The lowest BCUT2D eigenvalue weighted by atomic mass is 10.0. The number of aliphatic carboxylic acids is 1. The van der Waals surface area contributed by atoms with Gasteiger partial charge in [0.05, 0.1) is 19.3 Å². The van der Waals surface area contributed by atoms with Crippen LogP contribution in [0.5, 0.6) is 11.5 Å². The van der Waals surface area contributed by atoms with Crippen molar-refractivity contribution in [1.29, 1.82) is 0 Å². The number of carbonyl (C=O) groups excluding carboxylic acids is 1. The number of ether oxygens (including phenoxy) is 3. The van der Waals surface area contributed by atoms with Gasteiger partial charge in [-0.25, -0.2) is 9.59 Å². The minimum Gasteiger partial charge on any atom is -0.495 e. The molecule has 0 heterocycles. The Morgan fingerprint density at radius 1 is 0.953 bits per heavy atom. The molecule has 0 saturated heterocycles. The number of rotatable bonds is 17. The highest BCUT2D eigenvalue weighted by molar-refractivity contribution is 5.91. The standard InChI is InChI=1S/C28H33F7N2O6/c1-3-42-23(24(38)39)18-19-10-12-20(13-11-19)43-17-16-37(25(40)36-21-8-4-5-9-22(21)41-2)15-7-6-14-26(29,30)27(31,32)28(33,34)35/h4-5,8-13,23H,3,6-7,14-18H2,1-2H3,(H,36,40)(H,38,39). The summed E-state index contributed by atoms with van der Waals surface area (Å²) in [5, 5.41) is 11.8. The number of amides is 2. The van der Waals surface area contributed by atoms with Gasteiger partial charge in [-0.05, 0) is 49.6 Å². The van der Waals surface area contributed by atoms with E-state index in [1.54, 1.807) is 49.4 Å². The van der Waals surface area contributed by atoms with Crippen LogP contribution in [0.4, 0.5) is 41.2 Å². The van der Waals surface area contributed by atoms with Crippen molar-refractivity contribution in [2.75, 3.05) is 38.7 Å². The third-order valence-electron chi connectivity index (χ3n) is 6.24. The van der Waals surface area contributed by atoms with Crippen LogP contribution in [0.25, 0.3) is 0 Å². The van der Waals surface area contributed by atoms with Crippen molar-refractivity contribution in [2.45, 2.75) is 56.7 Å². The van der Waals surface area contributed by atoms with E-state index in [1.165, 1.54) is 13.2 Å². The van der Waals surface area contributed by atoms with Crippen LogP contribution in [-0.2, 0) is 16.0 Å². The first-order valence-corrected chi connectivity index (χ1v) is 13.2. The Bertz CT molecular complexity index is 1180. The quantitative estimate of drug-likeness (QED) is 0.151. The molecule has 0 bridgehead atoms. The molecule has 0 spiro atoms. The number of hydrogen-bond acceptors (Lipinski definition) is 5. The van der Waals surface area contributed by atoms with Crippen LogP contribution >= 0.6 is 0 Å².